The third-order valence-electron chi connectivity index (χ3n) is 5.88. The zero-order chi connectivity index (χ0) is 21.1. The van der Waals surface area contributed by atoms with Gasteiger partial charge in [-0.3, -0.25) is 14.4 Å². The fourth-order valence-corrected chi connectivity index (χ4v) is 4.20. The lowest BCUT2D eigenvalue weighted by atomic mass is 10.1. The standard InChI is InChI=1S/C24H27N3O3/c1-18-8-10-19(11-9-18)14-22(28)25-12-5-13-27-21(16-25)24(30)26(17-23(27)29)15-20-6-3-2-4-7-20/h2-4,6-11,21H,5,12-17H2,1H3. The lowest BCUT2D eigenvalue weighted by Crippen LogP contribution is -2.61. The van der Waals surface area contributed by atoms with E-state index < -0.39 is 6.04 Å². The Hall–Kier alpha value is -3.15. The van der Waals surface area contributed by atoms with Crippen LogP contribution in [0.3, 0.4) is 0 Å². The molecule has 0 spiro atoms. The number of aryl methyl sites for hydroxylation is 1. The second-order valence-electron chi connectivity index (χ2n) is 8.14. The van der Waals surface area contributed by atoms with Gasteiger partial charge in [0.2, 0.25) is 17.7 Å². The Balaban J connectivity index is 1.47. The SMILES string of the molecule is Cc1ccc(CC(=O)N2CCCN3C(=O)CN(Cc4ccccc4)C(=O)C3C2)cc1. The van der Waals surface area contributed by atoms with E-state index in [4.69, 9.17) is 0 Å². The van der Waals surface area contributed by atoms with E-state index in [1.807, 2.05) is 61.5 Å². The minimum absolute atomic E-state index is 0.00105. The lowest BCUT2D eigenvalue weighted by Gasteiger charge is -2.40. The van der Waals surface area contributed by atoms with Crippen molar-refractivity contribution in [1.29, 1.82) is 0 Å². The molecule has 30 heavy (non-hydrogen) atoms. The number of hydrogen-bond donors (Lipinski definition) is 0. The van der Waals surface area contributed by atoms with Crippen molar-refractivity contribution in [3.05, 3.63) is 71.3 Å². The van der Waals surface area contributed by atoms with Crippen molar-refractivity contribution in [2.45, 2.75) is 32.4 Å². The van der Waals surface area contributed by atoms with Crippen LogP contribution >= 0.6 is 0 Å². The first-order valence-corrected chi connectivity index (χ1v) is 10.5. The molecule has 6 nitrogen and oxygen atoms in total. The molecule has 2 fully saturated rings. The van der Waals surface area contributed by atoms with Crippen molar-refractivity contribution in [2.75, 3.05) is 26.2 Å². The molecule has 156 valence electrons. The minimum Gasteiger partial charge on any atom is -0.340 e. The molecule has 2 saturated heterocycles. The Morgan fingerprint density at radius 1 is 0.967 bits per heavy atom. The van der Waals surface area contributed by atoms with Gasteiger partial charge in [-0.15, -0.1) is 0 Å². The van der Waals surface area contributed by atoms with Crippen LogP contribution in [0.4, 0.5) is 0 Å². The van der Waals surface area contributed by atoms with E-state index in [1.54, 1.807) is 14.7 Å². The first kappa shape index (κ1) is 20.1. The van der Waals surface area contributed by atoms with Crippen molar-refractivity contribution in [3.8, 4) is 0 Å². The molecule has 4 rings (SSSR count). The van der Waals surface area contributed by atoms with Crippen LogP contribution in [0.15, 0.2) is 54.6 Å². The van der Waals surface area contributed by atoms with Crippen molar-refractivity contribution in [2.24, 2.45) is 0 Å². The van der Waals surface area contributed by atoms with Gasteiger partial charge in [-0.1, -0.05) is 60.2 Å². The molecule has 6 heteroatoms. The van der Waals surface area contributed by atoms with Gasteiger partial charge in [0.15, 0.2) is 0 Å². The average Bonchev–Trinajstić information content (AvgIpc) is 2.98. The Morgan fingerprint density at radius 2 is 1.70 bits per heavy atom. The molecule has 0 aliphatic carbocycles. The second-order valence-corrected chi connectivity index (χ2v) is 8.14. The molecular weight excluding hydrogens is 378 g/mol. The fraction of sp³-hybridized carbons (Fsp3) is 0.375. The van der Waals surface area contributed by atoms with E-state index in [0.717, 1.165) is 16.7 Å². The van der Waals surface area contributed by atoms with Crippen LogP contribution in [0.2, 0.25) is 0 Å². The summed E-state index contributed by atoms with van der Waals surface area (Å²) in [5.41, 5.74) is 3.11. The highest BCUT2D eigenvalue weighted by molar-refractivity contribution is 5.95. The molecule has 0 aromatic heterocycles. The number of piperazine rings is 1. The van der Waals surface area contributed by atoms with Gasteiger partial charge in [-0.2, -0.15) is 0 Å². The van der Waals surface area contributed by atoms with Crippen LogP contribution in [-0.4, -0.2) is 64.6 Å². The summed E-state index contributed by atoms with van der Waals surface area (Å²) < 4.78 is 0. The average molecular weight is 405 g/mol. The van der Waals surface area contributed by atoms with Gasteiger partial charge in [0.05, 0.1) is 13.0 Å². The molecular formula is C24H27N3O3. The first-order chi connectivity index (χ1) is 14.5. The van der Waals surface area contributed by atoms with E-state index in [-0.39, 0.29) is 30.8 Å². The Morgan fingerprint density at radius 3 is 2.43 bits per heavy atom. The summed E-state index contributed by atoms with van der Waals surface area (Å²) in [4.78, 5) is 44.0. The smallest absolute Gasteiger partial charge is 0.247 e. The summed E-state index contributed by atoms with van der Waals surface area (Å²) in [6.45, 7) is 3.87. The second kappa shape index (κ2) is 8.69. The molecule has 1 unspecified atom stereocenters. The molecule has 3 amide bonds. The van der Waals surface area contributed by atoms with Crippen molar-refractivity contribution >= 4 is 17.7 Å². The Bertz CT molecular complexity index is 926. The number of rotatable bonds is 4. The monoisotopic (exact) mass is 405 g/mol. The highest BCUT2D eigenvalue weighted by atomic mass is 16.2. The van der Waals surface area contributed by atoms with Crippen LogP contribution in [0.25, 0.3) is 0 Å². The summed E-state index contributed by atoms with van der Waals surface area (Å²) in [6.07, 6.45) is 0.997. The number of nitrogens with zero attached hydrogens (tertiary/aromatic N) is 3. The quantitative estimate of drug-likeness (QED) is 0.782. The fourth-order valence-electron chi connectivity index (χ4n) is 4.20. The van der Waals surface area contributed by atoms with Gasteiger partial charge in [0.1, 0.15) is 12.6 Å². The van der Waals surface area contributed by atoms with Gasteiger partial charge in [0.25, 0.3) is 0 Å². The third kappa shape index (κ3) is 4.37. The van der Waals surface area contributed by atoms with Crippen molar-refractivity contribution < 1.29 is 14.4 Å². The maximum absolute atomic E-state index is 13.2. The van der Waals surface area contributed by atoms with Crippen LogP contribution in [-0.2, 0) is 27.3 Å². The van der Waals surface area contributed by atoms with Crippen LogP contribution in [0.1, 0.15) is 23.1 Å². The van der Waals surface area contributed by atoms with Gasteiger partial charge in [0, 0.05) is 19.6 Å². The van der Waals surface area contributed by atoms with Gasteiger partial charge in [-0.25, -0.2) is 0 Å². The molecule has 2 heterocycles. The minimum atomic E-state index is -0.598. The lowest BCUT2D eigenvalue weighted by molar-refractivity contribution is -0.157. The topological polar surface area (TPSA) is 60.9 Å². The molecule has 0 bridgehead atoms. The maximum Gasteiger partial charge on any atom is 0.247 e. The zero-order valence-corrected chi connectivity index (χ0v) is 17.3. The number of fused-ring (bicyclic) bond motifs is 1. The number of hydrogen-bond acceptors (Lipinski definition) is 3. The predicted octanol–water partition coefficient (Wildman–Crippen LogP) is 2.01. The first-order valence-electron chi connectivity index (χ1n) is 10.5. The number of carbonyl (C=O) groups excluding carboxylic acids is 3. The van der Waals surface area contributed by atoms with Crippen molar-refractivity contribution in [3.63, 3.8) is 0 Å². The molecule has 2 aliphatic heterocycles. The van der Waals surface area contributed by atoms with Crippen molar-refractivity contribution in [1.82, 2.24) is 14.7 Å². The van der Waals surface area contributed by atoms with Crippen LogP contribution < -0.4 is 0 Å². The normalized spacial score (nSPS) is 19.5. The Labute approximate surface area is 177 Å². The number of benzene rings is 2. The van der Waals surface area contributed by atoms with Gasteiger partial charge in [-0.05, 0) is 24.5 Å². The Kier molecular flexibility index (Phi) is 5.84. The van der Waals surface area contributed by atoms with Gasteiger partial charge >= 0.3 is 0 Å². The zero-order valence-electron chi connectivity index (χ0n) is 17.3. The summed E-state index contributed by atoms with van der Waals surface area (Å²) in [7, 11) is 0. The van der Waals surface area contributed by atoms with Crippen LogP contribution in [0.5, 0.6) is 0 Å². The molecule has 2 aromatic carbocycles. The van der Waals surface area contributed by atoms with Crippen LogP contribution in [0, 0.1) is 6.92 Å². The molecule has 2 aliphatic rings. The predicted molar refractivity (Wildman–Crippen MR) is 113 cm³/mol. The van der Waals surface area contributed by atoms with E-state index in [9.17, 15) is 14.4 Å². The summed E-state index contributed by atoms with van der Waals surface area (Å²) in [6, 6.07) is 17.0. The maximum atomic E-state index is 13.2. The molecule has 0 radical (unpaired) electrons. The number of amides is 3. The van der Waals surface area contributed by atoms with Gasteiger partial charge < -0.3 is 14.7 Å². The third-order valence-corrected chi connectivity index (χ3v) is 5.88. The summed E-state index contributed by atoms with van der Waals surface area (Å²) >= 11 is 0. The van der Waals surface area contributed by atoms with E-state index >= 15 is 0 Å². The molecule has 0 N–H and O–H groups in total. The summed E-state index contributed by atoms with van der Waals surface area (Å²) in [5, 5.41) is 0. The largest absolute Gasteiger partial charge is 0.340 e. The van der Waals surface area contributed by atoms with E-state index in [2.05, 4.69) is 0 Å². The van der Waals surface area contributed by atoms with E-state index in [0.29, 0.717) is 32.5 Å². The molecule has 2 aromatic rings. The highest BCUT2D eigenvalue weighted by Gasteiger charge is 2.41. The van der Waals surface area contributed by atoms with E-state index in [1.165, 1.54) is 0 Å². The molecule has 0 saturated carbocycles. The highest BCUT2D eigenvalue weighted by Crippen LogP contribution is 2.20. The summed E-state index contributed by atoms with van der Waals surface area (Å²) in [5.74, 6) is -0.113. The molecule has 1 atom stereocenters. The number of carbonyl (C=O) groups is 3.